The number of carbonyl (C=O) groups is 1. The van der Waals surface area contributed by atoms with Crippen molar-refractivity contribution in [3.05, 3.63) is 65.3 Å². The molecule has 11 heteroatoms. The summed E-state index contributed by atoms with van der Waals surface area (Å²) in [5.41, 5.74) is -0.270. The highest BCUT2D eigenvalue weighted by Crippen LogP contribution is 2.27. The highest BCUT2D eigenvalue weighted by Gasteiger charge is 2.28. The van der Waals surface area contributed by atoms with Gasteiger partial charge in [0.25, 0.3) is 0 Å². The van der Waals surface area contributed by atoms with E-state index in [0.717, 1.165) is 15.8 Å². The van der Waals surface area contributed by atoms with Crippen LogP contribution < -0.4 is 0 Å². The zero-order valence-electron chi connectivity index (χ0n) is 17.7. The third-order valence-corrected chi connectivity index (χ3v) is 6.31. The number of carboxylic acid groups (broad SMARTS) is 1. The molecule has 1 aromatic carbocycles. The summed E-state index contributed by atoms with van der Waals surface area (Å²) >= 11 is 5.77. The van der Waals surface area contributed by atoms with E-state index in [4.69, 9.17) is 11.6 Å². The first-order valence-corrected chi connectivity index (χ1v) is 11.4. The van der Waals surface area contributed by atoms with Crippen LogP contribution in [0.4, 0.5) is 9.18 Å². The molecule has 170 valence electrons. The van der Waals surface area contributed by atoms with E-state index in [1.807, 2.05) is 20.8 Å². The SMILES string of the molecule is CC(C)(C)CN(Cc1cc(S(=O)(=O)c2ccc(Cl)nc2)n(-c2ccccc2F)n1)C(=O)O. The summed E-state index contributed by atoms with van der Waals surface area (Å²) in [6.45, 7) is 5.66. The van der Waals surface area contributed by atoms with Gasteiger partial charge in [0.15, 0.2) is 5.03 Å². The number of amides is 1. The van der Waals surface area contributed by atoms with Gasteiger partial charge in [-0.05, 0) is 29.7 Å². The molecule has 0 saturated carbocycles. The van der Waals surface area contributed by atoms with Gasteiger partial charge in [-0.1, -0.05) is 44.5 Å². The van der Waals surface area contributed by atoms with Crippen molar-refractivity contribution < 1.29 is 22.7 Å². The van der Waals surface area contributed by atoms with Crippen molar-refractivity contribution in [1.82, 2.24) is 19.7 Å². The monoisotopic (exact) mass is 480 g/mol. The molecule has 1 N–H and O–H groups in total. The first-order valence-electron chi connectivity index (χ1n) is 9.57. The van der Waals surface area contributed by atoms with E-state index in [-0.39, 0.29) is 45.0 Å². The molecule has 3 aromatic rings. The van der Waals surface area contributed by atoms with E-state index < -0.39 is 21.7 Å². The minimum absolute atomic E-state index is 0.0862. The molecule has 3 rings (SSSR count). The molecule has 2 aromatic heterocycles. The van der Waals surface area contributed by atoms with Crippen molar-refractivity contribution in [2.24, 2.45) is 5.41 Å². The predicted molar refractivity (Wildman–Crippen MR) is 116 cm³/mol. The minimum atomic E-state index is -4.17. The Kier molecular flexibility index (Phi) is 6.56. The first-order chi connectivity index (χ1) is 14.9. The summed E-state index contributed by atoms with van der Waals surface area (Å²) in [6.07, 6.45) is -0.0780. The van der Waals surface area contributed by atoms with Crippen LogP contribution >= 0.6 is 11.6 Å². The first kappa shape index (κ1) is 23.7. The van der Waals surface area contributed by atoms with E-state index in [0.29, 0.717) is 0 Å². The Morgan fingerprint density at radius 2 is 1.91 bits per heavy atom. The van der Waals surface area contributed by atoms with E-state index >= 15 is 0 Å². The maximum Gasteiger partial charge on any atom is 0.407 e. The van der Waals surface area contributed by atoms with Crippen LogP contribution in [-0.2, 0) is 16.4 Å². The molecule has 2 heterocycles. The fourth-order valence-electron chi connectivity index (χ4n) is 3.08. The maximum absolute atomic E-state index is 14.5. The van der Waals surface area contributed by atoms with Crippen molar-refractivity contribution in [3.63, 3.8) is 0 Å². The predicted octanol–water partition coefficient (Wildman–Crippen LogP) is 4.42. The molecule has 0 unspecified atom stereocenters. The molecule has 0 aliphatic heterocycles. The molecule has 0 spiro atoms. The van der Waals surface area contributed by atoms with Crippen LogP contribution in [0.3, 0.4) is 0 Å². The van der Waals surface area contributed by atoms with Crippen LogP contribution in [-0.4, -0.2) is 45.8 Å². The number of rotatable bonds is 6. The highest BCUT2D eigenvalue weighted by atomic mass is 35.5. The number of para-hydroxylation sites is 1. The molecule has 0 radical (unpaired) electrons. The number of benzene rings is 1. The van der Waals surface area contributed by atoms with Crippen molar-refractivity contribution >= 4 is 27.5 Å². The normalized spacial score (nSPS) is 12.0. The number of pyridine rings is 1. The molecular weight excluding hydrogens is 459 g/mol. The third-order valence-electron chi connectivity index (χ3n) is 4.38. The van der Waals surface area contributed by atoms with Crippen LogP contribution in [0.25, 0.3) is 5.69 Å². The number of aromatic nitrogens is 3. The van der Waals surface area contributed by atoms with E-state index in [1.165, 1.54) is 36.4 Å². The molecule has 0 aliphatic rings. The van der Waals surface area contributed by atoms with Gasteiger partial charge < -0.3 is 10.0 Å². The summed E-state index contributed by atoms with van der Waals surface area (Å²) in [6, 6.07) is 9.43. The lowest BCUT2D eigenvalue weighted by Gasteiger charge is -2.27. The Hall–Kier alpha value is -2.98. The number of sulfone groups is 1. The van der Waals surface area contributed by atoms with Crippen LogP contribution in [0, 0.1) is 11.2 Å². The van der Waals surface area contributed by atoms with Gasteiger partial charge in [-0.15, -0.1) is 0 Å². The quantitative estimate of drug-likeness (QED) is 0.523. The second-order valence-electron chi connectivity index (χ2n) is 8.36. The lowest BCUT2D eigenvalue weighted by molar-refractivity contribution is 0.122. The molecule has 0 atom stereocenters. The maximum atomic E-state index is 14.5. The lowest BCUT2D eigenvalue weighted by atomic mass is 9.96. The largest absolute Gasteiger partial charge is 0.465 e. The van der Waals surface area contributed by atoms with Crippen LogP contribution in [0.15, 0.2) is 58.6 Å². The summed E-state index contributed by atoms with van der Waals surface area (Å²) in [4.78, 5) is 16.5. The minimum Gasteiger partial charge on any atom is -0.465 e. The molecule has 32 heavy (non-hydrogen) atoms. The van der Waals surface area contributed by atoms with Crippen molar-refractivity contribution in [3.8, 4) is 5.69 Å². The van der Waals surface area contributed by atoms with Gasteiger partial charge in [-0.25, -0.2) is 27.3 Å². The third kappa shape index (κ3) is 5.25. The van der Waals surface area contributed by atoms with Gasteiger partial charge in [-0.3, -0.25) is 0 Å². The Morgan fingerprint density at radius 1 is 1.22 bits per heavy atom. The Morgan fingerprint density at radius 3 is 2.47 bits per heavy atom. The van der Waals surface area contributed by atoms with Crippen molar-refractivity contribution in [2.45, 2.75) is 37.2 Å². The fourth-order valence-corrected chi connectivity index (χ4v) is 4.53. The van der Waals surface area contributed by atoms with Gasteiger partial charge >= 0.3 is 6.09 Å². The van der Waals surface area contributed by atoms with E-state index in [2.05, 4.69) is 10.1 Å². The smallest absolute Gasteiger partial charge is 0.407 e. The summed E-state index contributed by atoms with van der Waals surface area (Å²) < 4.78 is 42.1. The van der Waals surface area contributed by atoms with Gasteiger partial charge in [0.2, 0.25) is 9.84 Å². The second-order valence-corrected chi connectivity index (χ2v) is 10.6. The van der Waals surface area contributed by atoms with Crippen LogP contribution in [0.2, 0.25) is 5.15 Å². The number of hydrogen-bond donors (Lipinski definition) is 1. The topological polar surface area (TPSA) is 105 Å². The summed E-state index contributed by atoms with van der Waals surface area (Å²) in [5, 5.41) is 13.6. The average Bonchev–Trinajstić information content (AvgIpc) is 3.11. The number of nitrogens with zero attached hydrogens (tertiary/aromatic N) is 4. The molecule has 0 saturated heterocycles. The summed E-state index contributed by atoms with van der Waals surface area (Å²) in [5.74, 6) is -0.683. The number of halogens is 2. The standard InChI is InChI=1S/C21H22ClFN4O4S/c1-21(2,3)13-26(20(28)29)12-14-10-19(27(25-14)17-7-5-4-6-16(17)23)32(30,31)15-8-9-18(22)24-11-15/h4-11H,12-13H2,1-3H3,(H,28,29). The van der Waals surface area contributed by atoms with E-state index in [1.54, 1.807) is 6.07 Å². The number of hydrogen-bond acceptors (Lipinski definition) is 5. The van der Waals surface area contributed by atoms with Gasteiger partial charge in [-0.2, -0.15) is 5.10 Å². The van der Waals surface area contributed by atoms with Crippen LogP contribution in [0.5, 0.6) is 0 Å². The summed E-state index contributed by atoms with van der Waals surface area (Å²) in [7, 11) is -4.17. The van der Waals surface area contributed by atoms with Gasteiger partial charge in [0, 0.05) is 18.8 Å². The van der Waals surface area contributed by atoms with Crippen LogP contribution in [0.1, 0.15) is 26.5 Å². The highest BCUT2D eigenvalue weighted by molar-refractivity contribution is 7.91. The molecular formula is C21H22ClFN4O4S. The fraction of sp³-hybridized carbons (Fsp3) is 0.286. The zero-order chi connectivity index (χ0) is 23.7. The van der Waals surface area contributed by atoms with Gasteiger partial charge in [0.05, 0.1) is 17.1 Å². The Balaban J connectivity index is 2.14. The van der Waals surface area contributed by atoms with Crippen molar-refractivity contribution in [2.75, 3.05) is 6.54 Å². The Bertz CT molecular complexity index is 1240. The molecule has 1 amide bonds. The molecule has 0 aliphatic carbocycles. The zero-order valence-corrected chi connectivity index (χ0v) is 19.2. The van der Waals surface area contributed by atoms with Gasteiger partial charge in [0.1, 0.15) is 16.7 Å². The molecule has 8 nitrogen and oxygen atoms in total. The second kappa shape index (κ2) is 8.87. The van der Waals surface area contributed by atoms with E-state index in [9.17, 15) is 22.7 Å². The molecule has 0 fully saturated rings. The lowest BCUT2D eigenvalue weighted by Crippen LogP contribution is -2.36. The van der Waals surface area contributed by atoms with Crippen molar-refractivity contribution in [1.29, 1.82) is 0 Å². The molecule has 0 bridgehead atoms. The average molecular weight is 481 g/mol. The Labute approximate surface area is 190 Å².